The highest BCUT2D eigenvalue weighted by Crippen LogP contribution is 2.33. The van der Waals surface area contributed by atoms with Gasteiger partial charge < -0.3 is 10.1 Å². The van der Waals surface area contributed by atoms with Gasteiger partial charge in [0.05, 0.1) is 11.2 Å². The molecular formula is C16H10N2O2S. The van der Waals surface area contributed by atoms with Crippen LogP contribution in [-0.4, -0.2) is 21.0 Å². The number of hydrogen-bond donors (Lipinski definition) is 2. The molecule has 5 heteroatoms. The van der Waals surface area contributed by atoms with Gasteiger partial charge in [0.2, 0.25) is 0 Å². The van der Waals surface area contributed by atoms with Crippen LogP contribution in [0.4, 0.5) is 0 Å². The Labute approximate surface area is 123 Å². The largest absolute Gasteiger partial charge is 0.477 e. The molecule has 0 aliphatic heterocycles. The van der Waals surface area contributed by atoms with Gasteiger partial charge in [-0.1, -0.05) is 18.2 Å². The molecule has 1 aromatic carbocycles. The fourth-order valence-corrected chi connectivity index (χ4v) is 3.20. The number of rotatable bonds is 2. The fourth-order valence-electron chi connectivity index (χ4n) is 2.56. The number of aromatic nitrogens is 2. The highest BCUT2D eigenvalue weighted by Gasteiger charge is 2.16. The second-order valence-electron chi connectivity index (χ2n) is 4.77. The first-order valence-corrected chi connectivity index (χ1v) is 7.35. The van der Waals surface area contributed by atoms with Crippen LogP contribution in [0.3, 0.4) is 0 Å². The monoisotopic (exact) mass is 294 g/mol. The number of pyridine rings is 1. The third-order valence-corrected chi connectivity index (χ3v) is 4.19. The molecule has 0 aliphatic rings. The van der Waals surface area contributed by atoms with E-state index in [0.29, 0.717) is 5.69 Å². The zero-order valence-electron chi connectivity index (χ0n) is 10.8. The van der Waals surface area contributed by atoms with Crippen molar-refractivity contribution >= 4 is 39.1 Å². The van der Waals surface area contributed by atoms with Crippen LogP contribution in [0.1, 0.15) is 10.5 Å². The lowest BCUT2D eigenvalue weighted by molar-refractivity contribution is 0.0691. The zero-order valence-corrected chi connectivity index (χ0v) is 11.6. The molecule has 0 saturated heterocycles. The minimum absolute atomic E-state index is 0.0634. The van der Waals surface area contributed by atoms with E-state index in [0.717, 1.165) is 27.4 Å². The Bertz CT molecular complexity index is 971. The van der Waals surface area contributed by atoms with Crippen molar-refractivity contribution in [2.45, 2.75) is 0 Å². The lowest BCUT2D eigenvalue weighted by Gasteiger charge is -2.02. The Morgan fingerprint density at radius 3 is 2.81 bits per heavy atom. The number of aromatic amines is 1. The van der Waals surface area contributed by atoms with E-state index in [-0.39, 0.29) is 5.69 Å². The average molecular weight is 294 g/mol. The lowest BCUT2D eigenvalue weighted by Crippen LogP contribution is -2.01. The second kappa shape index (κ2) is 4.43. The molecule has 0 fully saturated rings. The quantitative estimate of drug-likeness (QED) is 0.584. The average Bonchev–Trinajstić information content (AvgIpc) is 3.13. The number of H-pyrrole nitrogens is 1. The summed E-state index contributed by atoms with van der Waals surface area (Å²) in [5, 5.41) is 15.1. The molecule has 3 heterocycles. The van der Waals surface area contributed by atoms with Crippen molar-refractivity contribution in [1.82, 2.24) is 9.97 Å². The summed E-state index contributed by atoms with van der Waals surface area (Å²) in [7, 11) is 0. The number of thiophene rings is 1. The minimum Gasteiger partial charge on any atom is -0.477 e. The molecule has 0 spiro atoms. The highest BCUT2D eigenvalue weighted by molar-refractivity contribution is 7.08. The number of carboxylic acid groups (broad SMARTS) is 1. The lowest BCUT2D eigenvalue weighted by atomic mass is 10.1. The van der Waals surface area contributed by atoms with Crippen molar-refractivity contribution in [3.63, 3.8) is 0 Å². The molecule has 4 rings (SSSR count). The minimum atomic E-state index is -1.02. The van der Waals surface area contributed by atoms with E-state index in [1.807, 2.05) is 41.1 Å². The summed E-state index contributed by atoms with van der Waals surface area (Å²) in [5.74, 6) is -1.02. The number of benzene rings is 1. The molecule has 4 nitrogen and oxygen atoms in total. The first-order valence-electron chi connectivity index (χ1n) is 6.41. The highest BCUT2D eigenvalue weighted by atomic mass is 32.1. The second-order valence-corrected chi connectivity index (χ2v) is 5.55. The molecule has 21 heavy (non-hydrogen) atoms. The molecule has 0 saturated carbocycles. The number of aromatic carboxylic acids is 1. The molecule has 0 bridgehead atoms. The molecule has 2 N–H and O–H groups in total. The van der Waals surface area contributed by atoms with Crippen LogP contribution in [0.2, 0.25) is 0 Å². The van der Waals surface area contributed by atoms with Gasteiger partial charge in [-0.15, -0.1) is 0 Å². The van der Waals surface area contributed by atoms with E-state index in [1.54, 1.807) is 17.4 Å². The van der Waals surface area contributed by atoms with Crippen molar-refractivity contribution in [2.75, 3.05) is 0 Å². The molecule has 0 atom stereocenters. The number of hydrogen-bond acceptors (Lipinski definition) is 3. The first kappa shape index (κ1) is 12.1. The summed E-state index contributed by atoms with van der Waals surface area (Å²) in [4.78, 5) is 19.0. The van der Waals surface area contributed by atoms with Crippen LogP contribution in [0.15, 0.2) is 47.2 Å². The number of carbonyl (C=O) groups is 1. The molecule has 102 valence electrons. The van der Waals surface area contributed by atoms with Crippen LogP contribution in [0.5, 0.6) is 0 Å². The van der Waals surface area contributed by atoms with Crippen LogP contribution in [-0.2, 0) is 0 Å². The standard InChI is InChI=1S/C16H10N2O2S/c19-16(20)13-7-11-10-3-1-2-4-12(10)17-15(11)14(18-13)9-5-6-21-8-9/h1-8,17H,(H,19,20). The molecular weight excluding hydrogens is 284 g/mol. The van der Waals surface area contributed by atoms with Crippen LogP contribution in [0.25, 0.3) is 33.1 Å². The molecule has 0 unspecified atom stereocenters. The number of fused-ring (bicyclic) bond motifs is 3. The SMILES string of the molecule is O=C(O)c1cc2c([nH]c3ccccc32)c(-c2ccsc2)n1. The van der Waals surface area contributed by atoms with Crippen molar-refractivity contribution in [2.24, 2.45) is 0 Å². The molecule has 4 aromatic rings. The van der Waals surface area contributed by atoms with E-state index in [9.17, 15) is 9.90 Å². The Balaban J connectivity index is 2.18. The summed E-state index contributed by atoms with van der Waals surface area (Å²) < 4.78 is 0. The first-order chi connectivity index (χ1) is 10.2. The number of para-hydroxylation sites is 1. The van der Waals surface area contributed by atoms with E-state index in [4.69, 9.17) is 0 Å². The van der Waals surface area contributed by atoms with Gasteiger partial charge in [0.1, 0.15) is 5.69 Å². The fraction of sp³-hybridized carbons (Fsp3) is 0. The predicted molar refractivity (Wildman–Crippen MR) is 83.9 cm³/mol. The van der Waals surface area contributed by atoms with Gasteiger partial charge in [-0.2, -0.15) is 11.3 Å². The van der Waals surface area contributed by atoms with E-state index < -0.39 is 5.97 Å². The summed E-state index contributed by atoms with van der Waals surface area (Å²) in [6.07, 6.45) is 0. The van der Waals surface area contributed by atoms with Crippen LogP contribution in [0, 0.1) is 0 Å². The summed E-state index contributed by atoms with van der Waals surface area (Å²) in [6, 6.07) is 11.4. The molecule has 0 amide bonds. The van der Waals surface area contributed by atoms with Gasteiger partial charge in [-0.3, -0.25) is 0 Å². The van der Waals surface area contributed by atoms with Crippen LogP contribution < -0.4 is 0 Å². The maximum atomic E-state index is 11.4. The number of nitrogens with one attached hydrogen (secondary N) is 1. The summed E-state index contributed by atoms with van der Waals surface area (Å²) >= 11 is 1.56. The topological polar surface area (TPSA) is 66.0 Å². The number of nitrogens with zero attached hydrogens (tertiary/aromatic N) is 1. The van der Waals surface area contributed by atoms with Crippen molar-refractivity contribution in [3.8, 4) is 11.3 Å². The molecule has 3 aromatic heterocycles. The normalized spacial score (nSPS) is 11.2. The van der Waals surface area contributed by atoms with E-state index >= 15 is 0 Å². The Morgan fingerprint density at radius 2 is 2.05 bits per heavy atom. The maximum Gasteiger partial charge on any atom is 0.354 e. The zero-order chi connectivity index (χ0) is 14.4. The summed E-state index contributed by atoms with van der Waals surface area (Å²) in [5.41, 5.74) is 3.53. The van der Waals surface area contributed by atoms with E-state index in [2.05, 4.69) is 9.97 Å². The van der Waals surface area contributed by atoms with E-state index in [1.165, 1.54) is 0 Å². The van der Waals surface area contributed by atoms with Gasteiger partial charge >= 0.3 is 5.97 Å². The predicted octanol–water partition coefficient (Wildman–Crippen LogP) is 4.14. The third-order valence-electron chi connectivity index (χ3n) is 3.51. The van der Waals surface area contributed by atoms with Gasteiger partial charge in [0.15, 0.2) is 0 Å². The summed E-state index contributed by atoms with van der Waals surface area (Å²) in [6.45, 7) is 0. The Kier molecular flexibility index (Phi) is 2.55. The Morgan fingerprint density at radius 1 is 1.19 bits per heavy atom. The van der Waals surface area contributed by atoms with Gasteiger partial charge in [0, 0.05) is 27.2 Å². The molecule has 0 aliphatic carbocycles. The van der Waals surface area contributed by atoms with Gasteiger partial charge in [-0.25, -0.2) is 9.78 Å². The van der Waals surface area contributed by atoms with Crippen molar-refractivity contribution in [1.29, 1.82) is 0 Å². The van der Waals surface area contributed by atoms with Crippen LogP contribution >= 0.6 is 11.3 Å². The van der Waals surface area contributed by atoms with Crippen molar-refractivity contribution in [3.05, 3.63) is 52.9 Å². The third kappa shape index (κ3) is 1.82. The maximum absolute atomic E-state index is 11.4. The molecule has 0 radical (unpaired) electrons. The van der Waals surface area contributed by atoms with Gasteiger partial charge in [0.25, 0.3) is 0 Å². The van der Waals surface area contributed by atoms with Crippen molar-refractivity contribution < 1.29 is 9.90 Å². The van der Waals surface area contributed by atoms with Gasteiger partial charge in [-0.05, 0) is 23.6 Å². The smallest absolute Gasteiger partial charge is 0.354 e. The Hall–Kier alpha value is -2.66. The number of carboxylic acids is 1.